The van der Waals surface area contributed by atoms with Crippen molar-refractivity contribution in [3.63, 3.8) is 0 Å². The Morgan fingerprint density at radius 1 is 1.00 bits per heavy atom. The Labute approximate surface area is 191 Å². The predicted octanol–water partition coefficient (Wildman–Crippen LogP) is 4.79. The molecule has 2 heterocycles. The SMILES string of the molecule is COc1ccc([C@@H]2[C@H](C(=O)Nc3cnc4ccccc4c3)c3ccccc3C(=O)N2C)cc1. The van der Waals surface area contributed by atoms with E-state index in [-0.39, 0.29) is 11.8 Å². The van der Waals surface area contributed by atoms with E-state index >= 15 is 0 Å². The fourth-order valence-corrected chi connectivity index (χ4v) is 4.53. The summed E-state index contributed by atoms with van der Waals surface area (Å²) in [5, 5.41) is 3.98. The molecular formula is C27H23N3O3. The number of aromatic nitrogens is 1. The van der Waals surface area contributed by atoms with E-state index in [0.29, 0.717) is 22.6 Å². The number of pyridine rings is 1. The third-order valence-electron chi connectivity index (χ3n) is 6.18. The summed E-state index contributed by atoms with van der Waals surface area (Å²) >= 11 is 0. The van der Waals surface area contributed by atoms with Gasteiger partial charge in [-0.15, -0.1) is 0 Å². The second-order valence-electron chi connectivity index (χ2n) is 8.10. The molecular weight excluding hydrogens is 414 g/mol. The van der Waals surface area contributed by atoms with Crippen molar-refractivity contribution in [2.75, 3.05) is 19.5 Å². The molecule has 1 N–H and O–H groups in total. The second-order valence-corrected chi connectivity index (χ2v) is 8.10. The molecule has 33 heavy (non-hydrogen) atoms. The summed E-state index contributed by atoms with van der Waals surface area (Å²) in [5.41, 5.74) is 3.59. The lowest BCUT2D eigenvalue weighted by Crippen LogP contribution is -2.44. The lowest BCUT2D eigenvalue weighted by Gasteiger charge is -2.39. The highest BCUT2D eigenvalue weighted by Crippen LogP contribution is 2.42. The number of carbonyl (C=O) groups excluding carboxylic acids is 2. The summed E-state index contributed by atoms with van der Waals surface area (Å²) in [6.07, 6.45) is 1.66. The zero-order chi connectivity index (χ0) is 22.9. The van der Waals surface area contributed by atoms with Gasteiger partial charge in [-0.1, -0.05) is 48.5 Å². The molecule has 0 unspecified atom stereocenters. The van der Waals surface area contributed by atoms with Crippen LogP contribution in [-0.4, -0.2) is 35.9 Å². The van der Waals surface area contributed by atoms with Gasteiger partial charge in [0.05, 0.1) is 36.5 Å². The van der Waals surface area contributed by atoms with Crippen LogP contribution in [0.5, 0.6) is 5.75 Å². The Bertz CT molecular complexity index is 1350. The average Bonchev–Trinajstić information content (AvgIpc) is 2.86. The van der Waals surface area contributed by atoms with E-state index < -0.39 is 12.0 Å². The van der Waals surface area contributed by atoms with Crippen LogP contribution in [0.2, 0.25) is 0 Å². The number of amides is 2. The molecule has 0 radical (unpaired) electrons. The predicted molar refractivity (Wildman–Crippen MR) is 127 cm³/mol. The summed E-state index contributed by atoms with van der Waals surface area (Å²) < 4.78 is 5.28. The van der Waals surface area contributed by atoms with Gasteiger partial charge in [-0.05, 0) is 41.5 Å². The van der Waals surface area contributed by atoms with Gasteiger partial charge in [-0.25, -0.2) is 0 Å². The van der Waals surface area contributed by atoms with Crippen LogP contribution in [0.4, 0.5) is 5.69 Å². The van der Waals surface area contributed by atoms with Gasteiger partial charge >= 0.3 is 0 Å². The Hall–Kier alpha value is -4.19. The van der Waals surface area contributed by atoms with Crippen molar-refractivity contribution in [2.45, 2.75) is 12.0 Å². The van der Waals surface area contributed by atoms with E-state index in [4.69, 9.17) is 4.74 Å². The molecule has 0 saturated carbocycles. The molecule has 0 bridgehead atoms. The van der Waals surface area contributed by atoms with Gasteiger partial charge in [-0.2, -0.15) is 0 Å². The molecule has 164 valence electrons. The maximum Gasteiger partial charge on any atom is 0.254 e. The molecule has 6 nitrogen and oxygen atoms in total. The molecule has 1 aliphatic heterocycles. The molecule has 2 amide bonds. The van der Waals surface area contributed by atoms with Gasteiger partial charge < -0.3 is 15.0 Å². The topological polar surface area (TPSA) is 71.5 Å². The third-order valence-corrected chi connectivity index (χ3v) is 6.18. The summed E-state index contributed by atoms with van der Waals surface area (Å²) in [5.74, 6) is -0.182. The van der Waals surface area contributed by atoms with Gasteiger partial charge in [0.1, 0.15) is 5.75 Å². The van der Waals surface area contributed by atoms with E-state index in [1.807, 2.05) is 72.8 Å². The van der Waals surface area contributed by atoms with Gasteiger partial charge in [0.15, 0.2) is 0 Å². The van der Waals surface area contributed by atoms with E-state index in [1.54, 1.807) is 31.3 Å². The fraction of sp³-hybridized carbons (Fsp3) is 0.148. The number of nitrogens with zero attached hydrogens (tertiary/aromatic N) is 2. The first-order valence-electron chi connectivity index (χ1n) is 10.7. The Balaban J connectivity index is 1.57. The molecule has 0 spiro atoms. The normalized spacial score (nSPS) is 17.5. The summed E-state index contributed by atoms with van der Waals surface area (Å²) in [6, 6.07) is 24.0. The van der Waals surface area contributed by atoms with Crippen molar-refractivity contribution in [2.24, 2.45) is 0 Å². The van der Waals surface area contributed by atoms with E-state index in [0.717, 1.165) is 16.5 Å². The number of likely N-dealkylation sites (N-methyl/N-ethyl adjacent to an activating group) is 1. The number of rotatable bonds is 4. The molecule has 0 fully saturated rings. The van der Waals surface area contributed by atoms with Crippen LogP contribution in [0.25, 0.3) is 10.9 Å². The van der Waals surface area contributed by atoms with Gasteiger partial charge in [0.2, 0.25) is 5.91 Å². The number of hydrogen-bond donors (Lipinski definition) is 1. The van der Waals surface area contributed by atoms with Gasteiger partial charge in [0.25, 0.3) is 5.91 Å². The standard InChI is InChI=1S/C27H23N3O3/c1-30-25(17-11-13-20(33-2)14-12-17)24(21-8-4-5-9-22(21)27(30)32)26(31)29-19-15-18-7-3-6-10-23(18)28-16-19/h3-16,24-25H,1-2H3,(H,29,31)/t24-,25-/m1/s1. The minimum atomic E-state index is -0.594. The monoisotopic (exact) mass is 437 g/mol. The van der Waals surface area contributed by atoms with Crippen molar-refractivity contribution in [3.8, 4) is 5.75 Å². The van der Waals surface area contributed by atoms with Crippen LogP contribution in [-0.2, 0) is 4.79 Å². The summed E-state index contributed by atoms with van der Waals surface area (Å²) in [4.78, 5) is 33.0. The van der Waals surface area contributed by atoms with E-state index in [9.17, 15) is 9.59 Å². The molecule has 0 saturated heterocycles. The van der Waals surface area contributed by atoms with Crippen LogP contribution in [0.3, 0.4) is 0 Å². The maximum atomic E-state index is 13.7. The highest BCUT2D eigenvalue weighted by Gasteiger charge is 2.42. The van der Waals surface area contributed by atoms with Crippen molar-refractivity contribution in [3.05, 3.63) is 102 Å². The molecule has 6 heteroatoms. The summed E-state index contributed by atoms with van der Waals surface area (Å²) in [7, 11) is 3.35. The van der Waals surface area contributed by atoms with Crippen LogP contribution < -0.4 is 10.1 Å². The average molecular weight is 437 g/mol. The van der Waals surface area contributed by atoms with Crippen LogP contribution in [0, 0.1) is 0 Å². The largest absolute Gasteiger partial charge is 0.497 e. The minimum absolute atomic E-state index is 0.108. The third kappa shape index (κ3) is 3.69. The summed E-state index contributed by atoms with van der Waals surface area (Å²) in [6.45, 7) is 0. The molecule has 0 aliphatic carbocycles. The zero-order valence-electron chi connectivity index (χ0n) is 18.4. The fourth-order valence-electron chi connectivity index (χ4n) is 4.53. The first-order valence-corrected chi connectivity index (χ1v) is 10.7. The van der Waals surface area contributed by atoms with Crippen LogP contribution >= 0.6 is 0 Å². The van der Waals surface area contributed by atoms with Crippen LogP contribution in [0.1, 0.15) is 33.4 Å². The number of hydrogen-bond acceptors (Lipinski definition) is 4. The maximum absolute atomic E-state index is 13.7. The first kappa shape index (κ1) is 20.7. The van der Waals surface area contributed by atoms with Crippen molar-refractivity contribution >= 4 is 28.4 Å². The number of fused-ring (bicyclic) bond motifs is 2. The van der Waals surface area contributed by atoms with E-state index in [2.05, 4.69) is 10.3 Å². The molecule has 2 atom stereocenters. The van der Waals surface area contributed by atoms with Crippen molar-refractivity contribution in [1.29, 1.82) is 0 Å². The molecule has 1 aliphatic rings. The first-order chi connectivity index (χ1) is 16.1. The number of benzene rings is 3. The Kier molecular flexibility index (Phi) is 5.26. The van der Waals surface area contributed by atoms with Gasteiger partial charge in [0, 0.05) is 18.0 Å². The van der Waals surface area contributed by atoms with Crippen molar-refractivity contribution < 1.29 is 14.3 Å². The minimum Gasteiger partial charge on any atom is -0.497 e. The molecule has 3 aromatic carbocycles. The van der Waals surface area contributed by atoms with Gasteiger partial charge in [-0.3, -0.25) is 14.6 Å². The lowest BCUT2D eigenvalue weighted by molar-refractivity contribution is -0.119. The molecule has 1 aromatic heterocycles. The van der Waals surface area contributed by atoms with Crippen molar-refractivity contribution in [1.82, 2.24) is 9.88 Å². The van der Waals surface area contributed by atoms with E-state index in [1.165, 1.54) is 0 Å². The highest BCUT2D eigenvalue weighted by atomic mass is 16.5. The molecule has 4 aromatic rings. The Morgan fingerprint density at radius 3 is 2.52 bits per heavy atom. The smallest absolute Gasteiger partial charge is 0.254 e. The Morgan fingerprint density at radius 2 is 1.73 bits per heavy atom. The highest BCUT2D eigenvalue weighted by molar-refractivity contribution is 6.04. The second kappa shape index (κ2) is 8.39. The number of methoxy groups -OCH3 is 1. The number of ether oxygens (including phenoxy) is 1. The number of para-hydroxylation sites is 1. The quantitative estimate of drug-likeness (QED) is 0.498. The van der Waals surface area contributed by atoms with Crippen LogP contribution in [0.15, 0.2) is 85.1 Å². The zero-order valence-corrected chi connectivity index (χ0v) is 18.4. The number of carbonyl (C=O) groups is 2. The lowest BCUT2D eigenvalue weighted by atomic mass is 9.79. The number of anilines is 1. The molecule has 5 rings (SSSR count). The number of nitrogens with one attached hydrogen (secondary N) is 1.